The Morgan fingerprint density at radius 3 is 2.60 bits per heavy atom. The van der Waals surface area contributed by atoms with Crippen molar-refractivity contribution in [3.63, 3.8) is 0 Å². The SMILES string of the molecule is C[C@H](C#N)Nc1cc(-n2ncc3cc(C#N)cnc32)ncc1-n1cc(C2CCC(CCN3CC[C@H]4[C@@H]3CCN4c3ccc(N4CCC(=O)NC4=O)c(F)c3)CC2)nn1. The molecule has 3 aliphatic heterocycles. The minimum Gasteiger partial charge on any atom is -0.368 e. The van der Waals surface area contributed by atoms with Crippen molar-refractivity contribution in [1.29, 1.82) is 10.5 Å². The van der Waals surface area contributed by atoms with E-state index in [1.54, 1.807) is 40.8 Å². The predicted molar refractivity (Wildman–Crippen MR) is 212 cm³/mol. The Morgan fingerprint density at radius 2 is 1.81 bits per heavy atom. The summed E-state index contributed by atoms with van der Waals surface area (Å²) < 4.78 is 18.6. The van der Waals surface area contributed by atoms with Crippen LogP contribution in [0.1, 0.15) is 75.5 Å². The molecule has 9 rings (SSSR count). The first-order valence-corrected chi connectivity index (χ1v) is 20.0. The van der Waals surface area contributed by atoms with Gasteiger partial charge in [-0.05, 0) is 88.6 Å². The number of urea groups is 1. The topological polar surface area (TPSA) is 190 Å². The number of imide groups is 1. The molecule has 4 aromatic heterocycles. The number of likely N-dealkylation sites (tertiary alicyclic amines) is 1. The molecule has 16 nitrogen and oxygen atoms in total. The minimum absolute atomic E-state index is 0.153. The minimum atomic E-state index is -0.583. The Morgan fingerprint density at radius 1 is 0.966 bits per heavy atom. The van der Waals surface area contributed by atoms with E-state index in [0.717, 1.165) is 81.3 Å². The zero-order chi connectivity index (χ0) is 39.9. The first-order chi connectivity index (χ1) is 28.3. The molecular formula is C41H43FN14O2. The molecular weight excluding hydrogens is 740 g/mol. The highest BCUT2D eigenvalue weighted by molar-refractivity contribution is 6.05. The number of hydrogen-bond acceptors (Lipinski definition) is 12. The monoisotopic (exact) mass is 782 g/mol. The molecule has 3 amide bonds. The van der Waals surface area contributed by atoms with Crippen molar-refractivity contribution >= 4 is 40.0 Å². The van der Waals surface area contributed by atoms with Gasteiger partial charge in [-0.15, -0.1) is 5.10 Å². The number of nitrogens with one attached hydrogen (secondary N) is 2. The maximum atomic E-state index is 15.3. The smallest absolute Gasteiger partial charge is 0.328 e. The molecule has 7 heterocycles. The number of aromatic nitrogens is 7. The number of hydrogen-bond donors (Lipinski definition) is 2. The average molecular weight is 783 g/mol. The number of pyridine rings is 2. The van der Waals surface area contributed by atoms with Crippen molar-refractivity contribution < 1.29 is 14.0 Å². The van der Waals surface area contributed by atoms with Gasteiger partial charge < -0.3 is 10.2 Å². The third kappa shape index (κ3) is 7.06. The summed E-state index contributed by atoms with van der Waals surface area (Å²) in [7, 11) is 0. The molecule has 4 aliphatic rings. The third-order valence-electron chi connectivity index (χ3n) is 12.3. The lowest BCUT2D eigenvalue weighted by Gasteiger charge is -2.31. The van der Waals surface area contributed by atoms with E-state index in [1.165, 1.54) is 17.2 Å². The largest absolute Gasteiger partial charge is 0.368 e. The lowest BCUT2D eigenvalue weighted by atomic mass is 9.79. The van der Waals surface area contributed by atoms with Crippen molar-refractivity contribution in [3.8, 4) is 23.6 Å². The molecule has 5 aromatic rings. The van der Waals surface area contributed by atoms with Crippen LogP contribution >= 0.6 is 0 Å². The van der Waals surface area contributed by atoms with E-state index < -0.39 is 17.9 Å². The molecule has 0 spiro atoms. The summed E-state index contributed by atoms with van der Waals surface area (Å²) in [6.07, 6.45) is 14.5. The van der Waals surface area contributed by atoms with E-state index in [-0.39, 0.29) is 24.6 Å². The van der Waals surface area contributed by atoms with Gasteiger partial charge in [0.25, 0.3) is 0 Å². The van der Waals surface area contributed by atoms with Gasteiger partial charge in [0.2, 0.25) is 5.91 Å². The molecule has 58 heavy (non-hydrogen) atoms. The number of rotatable bonds is 10. The van der Waals surface area contributed by atoms with Crippen LogP contribution in [0.25, 0.3) is 22.5 Å². The molecule has 1 aliphatic carbocycles. The van der Waals surface area contributed by atoms with Crippen molar-refractivity contribution in [2.45, 2.75) is 82.3 Å². The fourth-order valence-electron chi connectivity index (χ4n) is 9.30. The van der Waals surface area contributed by atoms with Crippen LogP contribution in [-0.2, 0) is 4.79 Å². The molecule has 3 atom stereocenters. The van der Waals surface area contributed by atoms with Crippen molar-refractivity contribution in [2.75, 3.05) is 41.3 Å². The van der Waals surface area contributed by atoms with Crippen LogP contribution in [0.4, 0.5) is 26.2 Å². The van der Waals surface area contributed by atoms with Crippen LogP contribution in [0.3, 0.4) is 0 Å². The van der Waals surface area contributed by atoms with Crippen LogP contribution in [0, 0.1) is 34.4 Å². The number of nitrogens with zero attached hydrogens (tertiary/aromatic N) is 12. The number of fused-ring (bicyclic) bond motifs is 2. The second kappa shape index (κ2) is 15.5. The average Bonchev–Trinajstić information content (AvgIpc) is 4.06. The summed E-state index contributed by atoms with van der Waals surface area (Å²) in [5.41, 5.74) is 4.32. The van der Waals surface area contributed by atoms with Gasteiger partial charge in [0, 0.05) is 67.4 Å². The summed E-state index contributed by atoms with van der Waals surface area (Å²) >= 11 is 0. The zero-order valence-electron chi connectivity index (χ0n) is 32.1. The summed E-state index contributed by atoms with van der Waals surface area (Å²) in [4.78, 5) is 39.2. The summed E-state index contributed by atoms with van der Waals surface area (Å²) in [5, 5.41) is 38.7. The second-order valence-electron chi connectivity index (χ2n) is 15.8. The van der Waals surface area contributed by atoms with Crippen LogP contribution in [-0.4, -0.2) is 95.9 Å². The first-order valence-electron chi connectivity index (χ1n) is 20.0. The quantitative estimate of drug-likeness (QED) is 0.189. The van der Waals surface area contributed by atoms with Gasteiger partial charge in [0.1, 0.15) is 23.6 Å². The molecule has 0 bridgehead atoms. The normalized spacial score (nSPS) is 22.8. The summed E-state index contributed by atoms with van der Waals surface area (Å²) in [5.74, 6) is 0.667. The van der Waals surface area contributed by atoms with Gasteiger partial charge in [-0.1, -0.05) is 5.21 Å². The van der Waals surface area contributed by atoms with E-state index in [4.69, 9.17) is 0 Å². The van der Waals surface area contributed by atoms with Crippen LogP contribution in [0.15, 0.2) is 55.1 Å². The van der Waals surface area contributed by atoms with Gasteiger partial charge in [-0.3, -0.25) is 19.9 Å². The van der Waals surface area contributed by atoms with Gasteiger partial charge in [0.05, 0.1) is 47.3 Å². The van der Waals surface area contributed by atoms with E-state index in [2.05, 4.69) is 58.0 Å². The molecule has 0 unspecified atom stereocenters. The lowest BCUT2D eigenvalue weighted by Crippen LogP contribution is -2.49. The van der Waals surface area contributed by atoms with Gasteiger partial charge in [-0.25, -0.2) is 23.8 Å². The fourth-order valence-corrected chi connectivity index (χ4v) is 9.30. The number of anilines is 3. The van der Waals surface area contributed by atoms with Crippen LogP contribution in [0.5, 0.6) is 0 Å². The molecule has 4 fully saturated rings. The fraction of sp³-hybridized carbons (Fsp3) is 0.439. The molecule has 17 heteroatoms. The maximum Gasteiger partial charge on any atom is 0.328 e. The van der Waals surface area contributed by atoms with E-state index in [9.17, 15) is 20.1 Å². The van der Waals surface area contributed by atoms with Gasteiger partial charge in [-0.2, -0.15) is 20.3 Å². The highest BCUT2D eigenvalue weighted by atomic mass is 19.1. The van der Waals surface area contributed by atoms with Crippen molar-refractivity contribution in [1.82, 2.24) is 45.0 Å². The van der Waals surface area contributed by atoms with E-state index in [0.29, 0.717) is 52.3 Å². The number of benzene rings is 1. The first kappa shape index (κ1) is 37.1. The Balaban J connectivity index is 0.802. The Bertz CT molecular complexity index is 2460. The molecule has 1 aromatic carbocycles. The Kier molecular flexibility index (Phi) is 9.91. The van der Waals surface area contributed by atoms with Gasteiger partial charge in [0.15, 0.2) is 11.5 Å². The molecule has 296 valence electrons. The zero-order valence-corrected chi connectivity index (χ0v) is 32.1. The molecule has 2 N–H and O–H groups in total. The summed E-state index contributed by atoms with van der Waals surface area (Å²) in [6.45, 7) is 4.91. The highest BCUT2D eigenvalue weighted by Gasteiger charge is 2.43. The number of carbonyl (C=O) groups excluding carboxylic acids is 2. The molecule has 1 saturated carbocycles. The van der Waals surface area contributed by atoms with Crippen LogP contribution < -0.4 is 20.4 Å². The number of carbonyl (C=O) groups is 2. The van der Waals surface area contributed by atoms with E-state index in [1.807, 2.05) is 18.3 Å². The third-order valence-corrected chi connectivity index (χ3v) is 12.3. The Labute approximate surface area is 334 Å². The highest BCUT2D eigenvalue weighted by Crippen LogP contribution is 2.40. The molecule has 0 radical (unpaired) electrons. The number of halogens is 1. The second-order valence-corrected chi connectivity index (χ2v) is 15.8. The van der Waals surface area contributed by atoms with Crippen molar-refractivity contribution in [3.05, 3.63) is 72.2 Å². The molecule has 3 saturated heterocycles. The van der Waals surface area contributed by atoms with Crippen molar-refractivity contribution in [2.24, 2.45) is 5.92 Å². The number of nitriles is 2. The van der Waals surface area contributed by atoms with Gasteiger partial charge >= 0.3 is 6.03 Å². The number of amides is 3. The lowest BCUT2D eigenvalue weighted by molar-refractivity contribution is -0.120. The Hall–Kier alpha value is -6.46. The standard InChI is InChI=1S/C41H43FN14O2/c1-25(19-43)48-32-18-38(56-40-29(22-47-56)16-27(20-44)21-46-40)45-23-37(32)55-24-33(50-51-55)28-4-2-26(3-5-28)8-12-52-13-9-36-35(52)10-14-53(36)30-6-7-34(31(42)17-30)54-15-11-39(57)49-41(54)58/h6-7,16-18,21-26,28,35-36H,2-5,8-15H2,1H3,(H,45,48)(H,49,57,58)/t25-,26?,28?,35+,36+/m1/s1. The summed E-state index contributed by atoms with van der Waals surface area (Å²) in [6, 6.07) is 12.7. The maximum absolute atomic E-state index is 15.3. The van der Waals surface area contributed by atoms with Crippen LogP contribution in [0.2, 0.25) is 0 Å². The van der Waals surface area contributed by atoms with E-state index >= 15 is 4.39 Å². The predicted octanol–water partition coefficient (Wildman–Crippen LogP) is 5.19.